The van der Waals surface area contributed by atoms with E-state index in [2.05, 4.69) is 0 Å². The van der Waals surface area contributed by atoms with Gasteiger partial charge in [-0.3, -0.25) is 0 Å². The molecular weight excluding hydrogens is 296 g/mol. The summed E-state index contributed by atoms with van der Waals surface area (Å²) in [5.41, 5.74) is 0.894. The van der Waals surface area contributed by atoms with E-state index >= 15 is 0 Å². The first kappa shape index (κ1) is 16.3. The Hall–Kier alpha value is -2.04. The summed E-state index contributed by atoms with van der Waals surface area (Å²) in [6.07, 6.45) is -4.38. The first-order chi connectivity index (χ1) is 10.2. The highest BCUT2D eigenvalue weighted by Gasteiger charge is 2.30. The van der Waals surface area contributed by atoms with Crippen molar-refractivity contribution in [3.05, 3.63) is 53.3 Å². The van der Waals surface area contributed by atoms with Gasteiger partial charge < -0.3 is 4.74 Å². The SMILES string of the molecule is COc1cc(F)c(C(C)C)cc1-c1ccc(C(F)(F)F)cc1. The molecule has 0 aliphatic heterocycles. The van der Waals surface area contributed by atoms with Gasteiger partial charge in [0.15, 0.2) is 0 Å². The molecule has 2 aromatic carbocycles. The fourth-order valence-corrected chi connectivity index (χ4v) is 2.25. The first-order valence-electron chi connectivity index (χ1n) is 6.79. The third-order valence-corrected chi connectivity index (χ3v) is 3.46. The van der Waals surface area contributed by atoms with E-state index in [9.17, 15) is 17.6 Å². The Labute approximate surface area is 126 Å². The molecule has 0 spiro atoms. The highest BCUT2D eigenvalue weighted by Crippen LogP contribution is 2.36. The monoisotopic (exact) mass is 312 g/mol. The number of alkyl halides is 3. The van der Waals surface area contributed by atoms with Crippen LogP contribution >= 0.6 is 0 Å². The fraction of sp³-hybridized carbons (Fsp3) is 0.294. The second-order valence-electron chi connectivity index (χ2n) is 5.30. The van der Waals surface area contributed by atoms with Crippen LogP contribution in [0.3, 0.4) is 0 Å². The molecule has 0 saturated heterocycles. The van der Waals surface area contributed by atoms with Crippen molar-refractivity contribution in [2.45, 2.75) is 25.9 Å². The van der Waals surface area contributed by atoms with E-state index in [4.69, 9.17) is 4.74 Å². The zero-order valence-electron chi connectivity index (χ0n) is 12.5. The third-order valence-electron chi connectivity index (χ3n) is 3.46. The third kappa shape index (κ3) is 3.24. The summed E-state index contributed by atoms with van der Waals surface area (Å²) in [7, 11) is 1.40. The average molecular weight is 312 g/mol. The summed E-state index contributed by atoms with van der Waals surface area (Å²) in [5.74, 6) is -0.136. The van der Waals surface area contributed by atoms with Crippen molar-refractivity contribution < 1.29 is 22.3 Å². The molecule has 22 heavy (non-hydrogen) atoms. The Balaban J connectivity index is 2.53. The maximum absolute atomic E-state index is 14.0. The normalized spacial score (nSPS) is 11.8. The predicted octanol–water partition coefficient (Wildman–Crippen LogP) is 5.64. The number of hydrogen-bond donors (Lipinski definition) is 0. The molecule has 0 fully saturated rings. The van der Waals surface area contributed by atoms with Gasteiger partial charge in [-0.25, -0.2) is 4.39 Å². The predicted molar refractivity (Wildman–Crippen MR) is 77.5 cm³/mol. The molecule has 5 heteroatoms. The summed E-state index contributed by atoms with van der Waals surface area (Å²) in [6, 6.07) is 7.63. The van der Waals surface area contributed by atoms with E-state index in [1.54, 1.807) is 6.07 Å². The second kappa shape index (κ2) is 5.99. The van der Waals surface area contributed by atoms with Crippen LogP contribution in [0.15, 0.2) is 36.4 Å². The summed E-state index contributed by atoms with van der Waals surface area (Å²) in [5, 5.41) is 0. The summed E-state index contributed by atoms with van der Waals surface area (Å²) < 4.78 is 57.0. The second-order valence-corrected chi connectivity index (χ2v) is 5.30. The lowest BCUT2D eigenvalue weighted by Crippen LogP contribution is -2.04. The zero-order chi connectivity index (χ0) is 16.5. The van der Waals surface area contributed by atoms with Gasteiger partial charge in [-0.1, -0.05) is 26.0 Å². The van der Waals surface area contributed by atoms with E-state index in [1.807, 2.05) is 13.8 Å². The minimum absolute atomic E-state index is 0.0425. The Morgan fingerprint density at radius 3 is 2.05 bits per heavy atom. The molecule has 0 radical (unpaired) electrons. The van der Waals surface area contributed by atoms with E-state index in [0.29, 0.717) is 22.4 Å². The number of halogens is 4. The Kier molecular flexibility index (Phi) is 4.44. The van der Waals surface area contributed by atoms with Crippen molar-refractivity contribution in [2.24, 2.45) is 0 Å². The van der Waals surface area contributed by atoms with Crippen LogP contribution in [0.25, 0.3) is 11.1 Å². The average Bonchev–Trinajstić information content (AvgIpc) is 2.45. The molecular formula is C17H16F4O. The van der Waals surface area contributed by atoms with Gasteiger partial charge in [0, 0.05) is 11.6 Å². The highest BCUT2D eigenvalue weighted by molar-refractivity contribution is 5.71. The zero-order valence-corrected chi connectivity index (χ0v) is 12.5. The largest absolute Gasteiger partial charge is 0.496 e. The molecule has 118 valence electrons. The van der Waals surface area contributed by atoms with E-state index in [0.717, 1.165) is 12.1 Å². The van der Waals surface area contributed by atoms with Gasteiger partial charge in [-0.15, -0.1) is 0 Å². The van der Waals surface area contributed by atoms with Crippen molar-refractivity contribution in [1.29, 1.82) is 0 Å². The minimum Gasteiger partial charge on any atom is -0.496 e. The number of rotatable bonds is 3. The quantitative estimate of drug-likeness (QED) is 0.666. The van der Waals surface area contributed by atoms with Gasteiger partial charge in [0.05, 0.1) is 12.7 Å². The van der Waals surface area contributed by atoms with Crippen LogP contribution in [0.4, 0.5) is 17.6 Å². The molecule has 0 atom stereocenters. The molecule has 0 aromatic heterocycles. The molecule has 0 amide bonds. The molecule has 0 aliphatic rings. The standard InChI is InChI=1S/C17H16F4O/c1-10(2)13-8-14(16(22-3)9-15(13)18)11-4-6-12(7-5-11)17(19,20)21/h4-10H,1-3H3. The molecule has 1 nitrogen and oxygen atoms in total. The van der Waals surface area contributed by atoms with Crippen molar-refractivity contribution in [3.63, 3.8) is 0 Å². The van der Waals surface area contributed by atoms with Crippen LogP contribution < -0.4 is 4.74 Å². The highest BCUT2D eigenvalue weighted by atomic mass is 19.4. The van der Waals surface area contributed by atoms with Crippen LogP contribution in [0.5, 0.6) is 5.75 Å². The van der Waals surface area contributed by atoms with Gasteiger partial charge in [0.25, 0.3) is 0 Å². The number of hydrogen-bond acceptors (Lipinski definition) is 1. The van der Waals surface area contributed by atoms with Crippen LogP contribution in [-0.2, 0) is 6.18 Å². The van der Waals surface area contributed by atoms with Gasteiger partial charge in [0.2, 0.25) is 0 Å². The van der Waals surface area contributed by atoms with Crippen molar-refractivity contribution in [3.8, 4) is 16.9 Å². The summed E-state index contributed by atoms with van der Waals surface area (Å²) in [6.45, 7) is 3.70. The van der Waals surface area contributed by atoms with Crippen LogP contribution in [0, 0.1) is 5.82 Å². The molecule has 2 aromatic rings. The molecule has 0 N–H and O–H groups in total. The van der Waals surface area contributed by atoms with Gasteiger partial charge in [-0.2, -0.15) is 13.2 Å². The molecule has 0 heterocycles. The number of benzene rings is 2. The summed E-state index contributed by atoms with van der Waals surface area (Å²) in [4.78, 5) is 0. The van der Waals surface area contributed by atoms with Crippen LogP contribution in [-0.4, -0.2) is 7.11 Å². The Morgan fingerprint density at radius 1 is 1.00 bits per heavy atom. The summed E-state index contributed by atoms with van der Waals surface area (Å²) >= 11 is 0. The smallest absolute Gasteiger partial charge is 0.416 e. The maximum Gasteiger partial charge on any atom is 0.416 e. The molecule has 0 aliphatic carbocycles. The van der Waals surface area contributed by atoms with Crippen LogP contribution in [0.2, 0.25) is 0 Å². The van der Waals surface area contributed by atoms with Crippen LogP contribution in [0.1, 0.15) is 30.9 Å². The van der Waals surface area contributed by atoms with E-state index in [-0.39, 0.29) is 11.7 Å². The molecule has 0 saturated carbocycles. The van der Waals surface area contributed by atoms with Crippen molar-refractivity contribution in [2.75, 3.05) is 7.11 Å². The topological polar surface area (TPSA) is 9.23 Å². The lowest BCUT2D eigenvalue weighted by atomic mass is 9.95. The fourth-order valence-electron chi connectivity index (χ4n) is 2.25. The minimum atomic E-state index is -4.38. The first-order valence-corrected chi connectivity index (χ1v) is 6.79. The van der Waals surface area contributed by atoms with E-state index < -0.39 is 11.7 Å². The molecule has 2 rings (SSSR count). The Morgan fingerprint density at radius 2 is 1.59 bits per heavy atom. The molecule has 0 unspecified atom stereocenters. The number of ether oxygens (including phenoxy) is 1. The van der Waals surface area contributed by atoms with Gasteiger partial charge in [0.1, 0.15) is 11.6 Å². The van der Waals surface area contributed by atoms with Gasteiger partial charge in [-0.05, 0) is 35.2 Å². The number of methoxy groups -OCH3 is 1. The Bertz CT molecular complexity index is 658. The lowest BCUT2D eigenvalue weighted by molar-refractivity contribution is -0.137. The lowest BCUT2D eigenvalue weighted by Gasteiger charge is -2.15. The maximum atomic E-state index is 14.0. The van der Waals surface area contributed by atoms with Gasteiger partial charge >= 0.3 is 6.18 Å². The van der Waals surface area contributed by atoms with E-state index in [1.165, 1.54) is 25.3 Å². The van der Waals surface area contributed by atoms with Crippen molar-refractivity contribution >= 4 is 0 Å². The molecule has 0 bridgehead atoms. The van der Waals surface area contributed by atoms with Crippen molar-refractivity contribution in [1.82, 2.24) is 0 Å².